The van der Waals surface area contributed by atoms with Crippen LogP contribution in [0.1, 0.15) is 44.3 Å². The number of rotatable bonds is 5. The summed E-state index contributed by atoms with van der Waals surface area (Å²) in [5, 5.41) is 12.0. The Labute approximate surface area is 163 Å². The van der Waals surface area contributed by atoms with Crippen LogP contribution in [0.4, 0.5) is 0 Å². The predicted molar refractivity (Wildman–Crippen MR) is 108 cm³/mol. The second-order valence-electron chi connectivity index (χ2n) is 8.48. The van der Waals surface area contributed by atoms with Crippen LogP contribution in [0.15, 0.2) is 4.99 Å². The van der Waals surface area contributed by atoms with Crippen molar-refractivity contribution in [1.29, 1.82) is 0 Å². The molecule has 2 atom stereocenters. The van der Waals surface area contributed by atoms with Crippen molar-refractivity contribution < 1.29 is 0 Å². The molecule has 2 unspecified atom stereocenters. The van der Waals surface area contributed by atoms with E-state index in [-0.39, 0.29) is 0 Å². The number of aromatic nitrogens is 3. The first-order valence-corrected chi connectivity index (χ1v) is 10.9. The Kier molecular flexibility index (Phi) is 5.95. The number of nitrogens with one attached hydrogen (secondary N) is 1. The lowest BCUT2D eigenvalue weighted by molar-refractivity contribution is 0.281. The number of guanidine groups is 1. The predicted octanol–water partition coefficient (Wildman–Crippen LogP) is 1.53. The van der Waals surface area contributed by atoms with Gasteiger partial charge in [-0.3, -0.25) is 4.99 Å². The molecule has 0 saturated carbocycles. The maximum atomic E-state index is 5.04. The SMILES string of the molecule is CCNC(=NCC1CCc2nnc(C)n2C1)N1CCC(CN2CCCC2)C1. The number of fused-ring (bicyclic) bond motifs is 1. The molecular formula is C20H35N7. The molecule has 4 rings (SSSR count). The first-order valence-electron chi connectivity index (χ1n) is 10.9. The van der Waals surface area contributed by atoms with E-state index in [1.807, 2.05) is 0 Å². The van der Waals surface area contributed by atoms with Crippen molar-refractivity contribution in [3.63, 3.8) is 0 Å². The fraction of sp³-hybridized carbons (Fsp3) is 0.850. The van der Waals surface area contributed by atoms with E-state index >= 15 is 0 Å². The first-order chi connectivity index (χ1) is 13.2. The van der Waals surface area contributed by atoms with Crippen LogP contribution in [-0.4, -0.2) is 76.3 Å². The Balaban J connectivity index is 1.33. The van der Waals surface area contributed by atoms with E-state index in [1.54, 1.807) is 0 Å². The third kappa shape index (κ3) is 4.45. The van der Waals surface area contributed by atoms with Gasteiger partial charge in [-0.15, -0.1) is 10.2 Å². The highest BCUT2D eigenvalue weighted by molar-refractivity contribution is 5.80. The van der Waals surface area contributed by atoms with Gasteiger partial charge in [0.2, 0.25) is 0 Å². The van der Waals surface area contributed by atoms with E-state index in [4.69, 9.17) is 4.99 Å². The van der Waals surface area contributed by atoms with Crippen LogP contribution >= 0.6 is 0 Å². The van der Waals surface area contributed by atoms with E-state index < -0.39 is 0 Å². The van der Waals surface area contributed by atoms with Gasteiger partial charge in [0.25, 0.3) is 0 Å². The number of likely N-dealkylation sites (tertiary alicyclic amines) is 2. The fourth-order valence-electron chi connectivity index (χ4n) is 4.82. The molecule has 1 aromatic heterocycles. The summed E-state index contributed by atoms with van der Waals surface area (Å²) in [6, 6.07) is 0. The molecule has 0 aromatic carbocycles. The molecule has 0 amide bonds. The summed E-state index contributed by atoms with van der Waals surface area (Å²) in [5.74, 6) is 4.68. The number of aliphatic imine (C=N–C) groups is 1. The van der Waals surface area contributed by atoms with Gasteiger partial charge in [0.15, 0.2) is 5.96 Å². The van der Waals surface area contributed by atoms with Gasteiger partial charge in [-0.25, -0.2) is 0 Å². The Morgan fingerprint density at radius 3 is 2.78 bits per heavy atom. The van der Waals surface area contributed by atoms with E-state index in [0.29, 0.717) is 5.92 Å². The van der Waals surface area contributed by atoms with Crippen molar-refractivity contribution >= 4 is 5.96 Å². The number of aryl methyl sites for hydroxylation is 2. The van der Waals surface area contributed by atoms with Gasteiger partial charge in [-0.2, -0.15) is 0 Å². The third-order valence-corrected chi connectivity index (χ3v) is 6.36. The molecule has 150 valence electrons. The van der Waals surface area contributed by atoms with Crippen molar-refractivity contribution in [1.82, 2.24) is 29.9 Å². The van der Waals surface area contributed by atoms with Gasteiger partial charge in [0.05, 0.1) is 0 Å². The maximum Gasteiger partial charge on any atom is 0.193 e. The summed E-state index contributed by atoms with van der Waals surface area (Å²) in [6.45, 7) is 13.2. The zero-order valence-corrected chi connectivity index (χ0v) is 17.0. The lowest BCUT2D eigenvalue weighted by Crippen LogP contribution is -2.41. The van der Waals surface area contributed by atoms with Gasteiger partial charge in [-0.05, 0) is 64.5 Å². The molecule has 1 aromatic rings. The molecule has 0 aliphatic carbocycles. The summed E-state index contributed by atoms with van der Waals surface area (Å²) < 4.78 is 2.28. The van der Waals surface area contributed by atoms with Crippen LogP contribution in [-0.2, 0) is 13.0 Å². The Hall–Kier alpha value is -1.63. The van der Waals surface area contributed by atoms with Gasteiger partial charge < -0.3 is 19.7 Å². The summed E-state index contributed by atoms with van der Waals surface area (Å²) >= 11 is 0. The van der Waals surface area contributed by atoms with Crippen LogP contribution in [0.5, 0.6) is 0 Å². The van der Waals surface area contributed by atoms with E-state index in [1.165, 1.54) is 45.3 Å². The minimum atomic E-state index is 0.587. The molecule has 0 spiro atoms. The van der Waals surface area contributed by atoms with Crippen LogP contribution in [0.25, 0.3) is 0 Å². The number of hydrogen-bond acceptors (Lipinski definition) is 4. The van der Waals surface area contributed by atoms with Crippen molar-refractivity contribution in [2.45, 2.75) is 52.5 Å². The molecule has 0 bridgehead atoms. The molecule has 0 radical (unpaired) electrons. The maximum absolute atomic E-state index is 5.04. The lowest BCUT2D eigenvalue weighted by Gasteiger charge is -2.25. The molecular weight excluding hydrogens is 338 g/mol. The van der Waals surface area contributed by atoms with Gasteiger partial charge in [0, 0.05) is 45.7 Å². The van der Waals surface area contributed by atoms with E-state index in [0.717, 1.165) is 62.7 Å². The minimum absolute atomic E-state index is 0.587. The summed E-state index contributed by atoms with van der Waals surface area (Å²) in [6.07, 6.45) is 6.26. The molecule has 2 fully saturated rings. The largest absolute Gasteiger partial charge is 0.357 e. The number of hydrogen-bond donors (Lipinski definition) is 1. The van der Waals surface area contributed by atoms with E-state index in [2.05, 4.69) is 43.7 Å². The third-order valence-electron chi connectivity index (χ3n) is 6.36. The highest BCUT2D eigenvalue weighted by Crippen LogP contribution is 2.22. The van der Waals surface area contributed by atoms with Gasteiger partial charge in [0.1, 0.15) is 11.6 Å². The zero-order chi connectivity index (χ0) is 18.6. The Morgan fingerprint density at radius 2 is 1.96 bits per heavy atom. The minimum Gasteiger partial charge on any atom is -0.357 e. The smallest absolute Gasteiger partial charge is 0.193 e. The summed E-state index contributed by atoms with van der Waals surface area (Å²) in [5.41, 5.74) is 0. The van der Waals surface area contributed by atoms with Gasteiger partial charge >= 0.3 is 0 Å². The van der Waals surface area contributed by atoms with Crippen LogP contribution in [0, 0.1) is 18.8 Å². The Morgan fingerprint density at radius 1 is 1.11 bits per heavy atom. The van der Waals surface area contributed by atoms with Crippen molar-refractivity contribution in [2.75, 3.05) is 45.8 Å². The fourth-order valence-corrected chi connectivity index (χ4v) is 4.82. The number of nitrogens with zero attached hydrogens (tertiary/aromatic N) is 6. The highest BCUT2D eigenvalue weighted by atomic mass is 15.3. The molecule has 7 heteroatoms. The summed E-state index contributed by atoms with van der Waals surface area (Å²) in [4.78, 5) is 10.2. The summed E-state index contributed by atoms with van der Waals surface area (Å²) in [7, 11) is 0. The molecule has 3 aliphatic rings. The average molecular weight is 374 g/mol. The molecule has 3 aliphatic heterocycles. The zero-order valence-electron chi connectivity index (χ0n) is 17.0. The quantitative estimate of drug-likeness (QED) is 0.627. The van der Waals surface area contributed by atoms with Crippen molar-refractivity contribution in [3.05, 3.63) is 11.6 Å². The molecule has 1 N–H and O–H groups in total. The van der Waals surface area contributed by atoms with Crippen LogP contribution in [0.2, 0.25) is 0 Å². The average Bonchev–Trinajstić information content (AvgIpc) is 3.42. The first kappa shape index (κ1) is 18.7. The molecule has 2 saturated heterocycles. The Bertz CT molecular complexity index is 647. The normalized spacial score (nSPS) is 26.6. The topological polar surface area (TPSA) is 61.6 Å². The lowest BCUT2D eigenvalue weighted by atomic mass is 9.99. The van der Waals surface area contributed by atoms with E-state index in [9.17, 15) is 0 Å². The second-order valence-corrected chi connectivity index (χ2v) is 8.48. The molecule has 4 heterocycles. The van der Waals surface area contributed by atoms with Crippen LogP contribution in [0.3, 0.4) is 0 Å². The van der Waals surface area contributed by atoms with Crippen molar-refractivity contribution in [2.24, 2.45) is 16.8 Å². The molecule has 7 nitrogen and oxygen atoms in total. The second kappa shape index (κ2) is 8.59. The molecule has 27 heavy (non-hydrogen) atoms. The van der Waals surface area contributed by atoms with Crippen molar-refractivity contribution in [3.8, 4) is 0 Å². The highest BCUT2D eigenvalue weighted by Gasteiger charge is 2.28. The van der Waals surface area contributed by atoms with Gasteiger partial charge in [-0.1, -0.05) is 0 Å². The standard InChI is InChI=1S/C20H35N7/c1-3-21-20(26-11-8-18(14-26)13-25-9-4-5-10-25)22-12-17-6-7-19-24-23-16(2)27(19)15-17/h17-18H,3-15H2,1-2H3,(H,21,22). The van der Waals surface area contributed by atoms with Crippen LogP contribution < -0.4 is 5.32 Å². The monoisotopic (exact) mass is 373 g/mol.